The smallest absolute Gasteiger partial charge is 0.371 e. The zero-order valence-electron chi connectivity index (χ0n) is 14.4. The van der Waals surface area contributed by atoms with Gasteiger partial charge in [-0.1, -0.05) is 0 Å². The average Bonchev–Trinajstić information content (AvgIpc) is 3.15. The van der Waals surface area contributed by atoms with Gasteiger partial charge in [0.05, 0.1) is 23.5 Å². The molecule has 0 aliphatic carbocycles. The summed E-state index contributed by atoms with van der Waals surface area (Å²) in [5.74, 6) is 0. The Morgan fingerprint density at radius 3 is 1.86 bits per heavy atom. The number of aromatic nitrogens is 1. The average molecular weight is 420 g/mol. The summed E-state index contributed by atoms with van der Waals surface area (Å²) in [5.41, 5.74) is -2.21. The molecule has 28 heavy (non-hydrogen) atoms. The van der Waals surface area contributed by atoms with E-state index in [1.165, 1.54) is 4.57 Å². The van der Waals surface area contributed by atoms with Gasteiger partial charge in [-0.25, -0.2) is 5.32 Å². The van der Waals surface area contributed by atoms with Gasteiger partial charge < -0.3 is 4.90 Å². The monoisotopic (exact) mass is 420 g/mol. The predicted molar refractivity (Wildman–Crippen MR) is 96.1 cm³/mol. The first-order valence-electron chi connectivity index (χ1n) is 8.41. The van der Waals surface area contributed by atoms with Gasteiger partial charge in [0.25, 0.3) is 0 Å². The van der Waals surface area contributed by atoms with Crippen LogP contribution >= 0.6 is 12.2 Å². The third kappa shape index (κ3) is 4.73. The zero-order valence-corrected chi connectivity index (χ0v) is 15.3. The van der Waals surface area contributed by atoms with E-state index in [1.807, 2.05) is 0 Å². The number of nitrogens with zero attached hydrogens (tertiary/aromatic N) is 2. The van der Waals surface area contributed by atoms with Crippen LogP contribution in [0.5, 0.6) is 0 Å². The highest BCUT2D eigenvalue weighted by Gasteiger charge is 2.37. The minimum Gasteiger partial charge on any atom is -0.371 e. The van der Waals surface area contributed by atoms with Crippen LogP contribution < -0.4 is 14.8 Å². The minimum absolute atomic E-state index is 0.0413. The van der Waals surface area contributed by atoms with Gasteiger partial charge in [0.2, 0.25) is 0 Å². The summed E-state index contributed by atoms with van der Waals surface area (Å²) in [5, 5.41) is 2.41. The van der Waals surface area contributed by atoms with E-state index in [2.05, 4.69) is 10.2 Å². The fourth-order valence-electron chi connectivity index (χ4n) is 2.96. The maximum atomic E-state index is 13.0. The molecule has 1 fully saturated rings. The molecule has 0 spiro atoms. The number of nitrogens with one attached hydrogen (secondary N) is 1. The Kier molecular flexibility index (Phi) is 5.51. The Balaban J connectivity index is 1.83. The van der Waals surface area contributed by atoms with Gasteiger partial charge in [0.1, 0.15) is 5.69 Å². The second kappa shape index (κ2) is 7.57. The molecular formula is C18H16F6N3S+. The summed E-state index contributed by atoms with van der Waals surface area (Å²) < 4.78 is 79.1. The van der Waals surface area contributed by atoms with Crippen LogP contribution in [0, 0.1) is 0 Å². The van der Waals surface area contributed by atoms with Crippen LogP contribution in [0.4, 0.5) is 37.7 Å². The first kappa shape index (κ1) is 20.4. The zero-order chi connectivity index (χ0) is 20.5. The van der Waals surface area contributed by atoms with Crippen LogP contribution in [-0.2, 0) is 12.4 Å². The number of pyridine rings is 1. The number of benzene rings is 1. The molecule has 0 bridgehead atoms. The van der Waals surface area contributed by atoms with Crippen LogP contribution in [0.25, 0.3) is 0 Å². The first-order chi connectivity index (χ1) is 13.0. The maximum Gasteiger partial charge on any atom is 0.416 e. The number of alkyl halides is 6. The molecule has 2 aromatic rings. The van der Waals surface area contributed by atoms with Gasteiger partial charge in [-0.2, -0.15) is 30.9 Å². The molecule has 0 unspecified atom stereocenters. The maximum absolute atomic E-state index is 13.0. The van der Waals surface area contributed by atoms with E-state index in [9.17, 15) is 26.3 Å². The lowest BCUT2D eigenvalue weighted by Gasteiger charge is -2.17. The molecule has 3 rings (SSSR count). The summed E-state index contributed by atoms with van der Waals surface area (Å²) >= 11 is 5.13. The van der Waals surface area contributed by atoms with E-state index < -0.39 is 23.5 Å². The molecule has 1 N–H and O–H groups in total. The number of thiocarbonyl (C=S) groups is 1. The lowest BCUT2D eigenvalue weighted by atomic mass is 10.1. The van der Waals surface area contributed by atoms with Crippen LogP contribution in [0.2, 0.25) is 0 Å². The van der Waals surface area contributed by atoms with Gasteiger partial charge in [-0.3, -0.25) is 0 Å². The van der Waals surface area contributed by atoms with Crippen LogP contribution in [0.3, 0.4) is 0 Å². The Morgan fingerprint density at radius 1 is 0.893 bits per heavy atom. The van der Waals surface area contributed by atoms with Crippen molar-refractivity contribution in [2.75, 3.05) is 23.3 Å². The summed E-state index contributed by atoms with van der Waals surface area (Å²) in [4.78, 5) is 2.18. The SMILES string of the molecule is FC(F)(F)c1cc(NC(=S)[n+]2ccc(N3CCCC3)cc2)cc(C(F)(F)F)c1. The van der Waals surface area contributed by atoms with E-state index >= 15 is 0 Å². The molecule has 1 aromatic heterocycles. The fourth-order valence-corrected chi connectivity index (χ4v) is 3.19. The lowest BCUT2D eigenvalue weighted by molar-refractivity contribution is -0.551. The molecule has 0 amide bonds. The summed E-state index contributed by atoms with van der Waals surface area (Å²) in [6, 6.07) is 4.87. The first-order valence-corrected chi connectivity index (χ1v) is 8.82. The lowest BCUT2D eigenvalue weighted by Crippen LogP contribution is -2.45. The van der Waals surface area contributed by atoms with Gasteiger partial charge in [0.15, 0.2) is 0 Å². The van der Waals surface area contributed by atoms with Gasteiger partial charge >= 0.3 is 17.5 Å². The molecule has 10 heteroatoms. The fraction of sp³-hybridized carbons (Fsp3) is 0.333. The molecular weight excluding hydrogens is 404 g/mol. The van der Waals surface area contributed by atoms with E-state index in [0.717, 1.165) is 31.6 Å². The van der Waals surface area contributed by atoms with Gasteiger partial charge in [-0.05, 0) is 31.0 Å². The number of anilines is 2. The van der Waals surface area contributed by atoms with E-state index in [1.54, 1.807) is 24.5 Å². The molecule has 1 aliphatic rings. The Hall–Kier alpha value is -2.36. The molecule has 3 nitrogen and oxygen atoms in total. The normalized spacial score (nSPS) is 15.0. The number of hydrogen-bond acceptors (Lipinski definition) is 2. The summed E-state index contributed by atoms with van der Waals surface area (Å²) in [6.45, 7) is 1.88. The van der Waals surface area contributed by atoms with Crippen molar-refractivity contribution in [3.05, 3.63) is 53.9 Å². The molecule has 0 radical (unpaired) electrons. The molecule has 1 aliphatic heterocycles. The van der Waals surface area contributed by atoms with Crippen molar-refractivity contribution in [2.45, 2.75) is 25.2 Å². The van der Waals surface area contributed by atoms with Crippen LogP contribution in [0.15, 0.2) is 42.7 Å². The van der Waals surface area contributed by atoms with Crippen LogP contribution in [-0.4, -0.2) is 18.2 Å². The van der Waals surface area contributed by atoms with Crippen molar-refractivity contribution >= 4 is 28.7 Å². The Morgan fingerprint density at radius 2 is 1.39 bits per heavy atom. The van der Waals surface area contributed by atoms with Crippen molar-refractivity contribution in [3.8, 4) is 0 Å². The highest BCUT2D eigenvalue weighted by Crippen LogP contribution is 2.37. The third-order valence-corrected chi connectivity index (χ3v) is 4.67. The molecule has 2 heterocycles. The highest BCUT2D eigenvalue weighted by molar-refractivity contribution is 7.80. The van der Waals surface area contributed by atoms with Crippen molar-refractivity contribution in [3.63, 3.8) is 0 Å². The number of halogens is 6. The number of hydrogen-bond donors (Lipinski definition) is 1. The van der Waals surface area contributed by atoms with Gasteiger partial charge in [0, 0.05) is 43.1 Å². The third-order valence-electron chi connectivity index (χ3n) is 4.36. The summed E-state index contributed by atoms with van der Waals surface area (Å²) in [7, 11) is 0. The van der Waals surface area contributed by atoms with Crippen molar-refractivity contribution in [2.24, 2.45) is 0 Å². The Bertz CT molecular complexity index is 823. The second-order valence-corrected chi connectivity index (χ2v) is 6.77. The molecule has 0 atom stereocenters. The van der Waals surface area contributed by atoms with E-state index in [4.69, 9.17) is 12.2 Å². The van der Waals surface area contributed by atoms with Crippen molar-refractivity contribution < 1.29 is 30.9 Å². The number of rotatable bonds is 2. The molecule has 1 aromatic carbocycles. The molecule has 150 valence electrons. The highest BCUT2D eigenvalue weighted by atomic mass is 32.1. The standard InChI is InChI=1S/C18H15F6N3S/c19-17(20,21)12-9-13(18(22,23)24)11-14(10-12)25-16(28)27-7-3-15(4-8-27)26-5-1-2-6-26/h3-4,7-11H,1-2,5-6H2/p+1. The van der Waals surface area contributed by atoms with Gasteiger partial charge in [-0.15, -0.1) is 0 Å². The van der Waals surface area contributed by atoms with Crippen molar-refractivity contribution in [1.82, 2.24) is 0 Å². The molecule has 1 saturated heterocycles. The van der Waals surface area contributed by atoms with E-state index in [0.29, 0.717) is 12.1 Å². The second-order valence-electron chi connectivity index (χ2n) is 6.38. The quantitative estimate of drug-likeness (QED) is 0.426. The predicted octanol–water partition coefficient (Wildman–Crippen LogP) is 4.86. The topological polar surface area (TPSA) is 19.1 Å². The largest absolute Gasteiger partial charge is 0.416 e. The Labute approximate surface area is 162 Å². The minimum atomic E-state index is -4.91. The van der Waals surface area contributed by atoms with Crippen LogP contribution in [0.1, 0.15) is 24.0 Å². The van der Waals surface area contributed by atoms with E-state index in [-0.39, 0.29) is 16.9 Å². The summed E-state index contributed by atoms with van der Waals surface area (Å²) in [6.07, 6.45) is -4.39. The molecule has 0 saturated carbocycles. The van der Waals surface area contributed by atoms with Crippen molar-refractivity contribution in [1.29, 1.82) is 0 Å².